The molecule has 0 saturated heterocycles. The Balaban J connectivity index is 1.80. The second-order valence-corrected chi connectivity index (χ2v) is 4.70. The lowest BCUT2D eigenvalue weighted by molar-refractivity contribution is 0.320. The van der Waals surface area contributed by atoms with Crippen LogP contribution >= 0.6 is 0 Å². The van der Waals surface area contributed by atoms with Crippen LogP contribution in [0.2, 0.25) is 0 Å². The molecule has 1 atom stereocenters. The van der Waals surface area contributed by atoms with Crippen molar-refractivity contribution in [2.45, 2.75) is 12.5 Å². The highest BCUT2D eigenvalue weighted by atomic mass is 16.5. The van der Waals surface area contributed by atoms with Crippen LogP contribution in [-0.2, 0) is 11.2 Å². The van der Waals surface area contributed by atoms with Crippen molar-refractivity contribution in [1.82, 2.24) is 0 Å². The standard InChI is InChI=1S/C17H14N2O/c18-11-10-13-6-8-15(9-7-13)17-19-16(12-20-17)14-4-2-1-3-5-14/h1-9,16H,10,12H2/t16-/m1/s1. The van der Waals surface area contributed by atoms with Gasteiger partial charge in [-0.1, -0.05) is 42.5 Å². The summed E-state index contributed by atoms with van der Waals surface area (Å²) in [6, 6.07) is 20.2. The van der Waals surface area contributed by atoms with E-state index in [1.807, 2.05) is 42.5 Å². The van der Waals surface area contributed by atoms with Crippen LogP contribution < -0.4 is 0 Å². The molecule has 0 saturated carbocycles. The third-order valence-corrected chi connectivity index (χ3v) is 3.32. The van der Waals surface area contributed by atoms with Crippen molar-refractivity contribution in [1.29, 1.82) is 5.26 Å². The second kappa shape index (κ2) is 5.58. The molecule has 2 aromatic rings. The van der Waals surface area contributed by atoms with Crippen molar-refractivity contribution in [3.63, 3.8) is 0 Å². The Morgan fingerprint density at radius 2 is 1.85 bits per heavy atom. The number of nitrogens with zero attached hydrogens (tertiary/aromatic N) is 2. The average molecular weight is 262 g/mol. The molecule has 0 spiro atoms. The van der Waals surface area contributed by atoms with E-state index in [1.165, 1.54) is 5.56 Å². The molecule has 1 aliphatic heterocycles. The summed E-state index contributed by atoms with van der Waals surface area (Å²) in [6.45, 7) is 0.583. The summed E-state index contributed by atoms with van der Waals surface area (Å²) in [5.41, 5.74) is 3.14. The van der Waals surface area contributed by atoms with Crippen LogP contribution in [0.25, 0.3) is 0 Å². The average Bonchev–Trinajstić information content (AvgIpc) is 2.99. The second-order valence-electron chi connectivity index (χ2n) is 4.70. The molecule has 0 fully saturated rings. The maximum atomic E-state index is 8.66. The summed E-state index contributed by atoms with van der Waals surface area (Å²) in [7, 11) is 0. The van der Waals surface area contributed by atoms with Crippen molar-refractivity contribution in [2.75, 3.05) is 6.61 Å². The summed E-state index contributed by atoms with van der Waals surface area (Å²) in [5, 5.41) is 8.66. The van der Waals surface area contributed by atoms with Gasteiger partial charge in [-0.2, -0.15) is 5.26 Å². The molecule has 0 N–H and O–H groups in total. The molecule has 3 rings (SSSR count). The monoisotopic (exact) mass is 262 g/mol. The molecule has 0 aliphatic carbocycles. The Labute approximate surface area is 118 Å². The van der Waals surface area contributed by atoms with Gasteiger partial charge in [0.25, 0.3) is 0 Å². The van der Waals surface area contributed by atoms with Crippen molar-refractivity contribution in [3.05, 3.63) is 71.3 Å². The summed E-state index contributed by atoms with van der Waals surface area (Å²) >= 11 is 0. The molecule has 1 aliphatic rings. The number of nitriles is 1. The van der Waals surface area contributed by atoms with E-state index in [0.29, 0.717) is 18.9 Å². The van der Waals surface area contributed by atoms with Crippen molar-refractivity contribution in [3.8, 4) is 6.07 Å². The topological polar surface area (TPSA) is 45.4 Å². The van der Waals surface area contributed by atoms with Gasteiger partial charge in [0.05, 0.1) is 12.5 Å². The van der Waals surface area contributed by atoms with Crippen LogP contribution in [0.15, 0.2) is 59.6 Å². The smallest absolute Gasteiger partial charge is 0.216 e. The zero-order valence-corrected chi connectivity index (χ0v) is 11.0. The predicted molar refractivity (Wildman–Crippen MR) is 77.4 cm³/mol. The Bertz CT molecular complexity index is 654. The highest BCUT2D eigenvalue weighted by Crippen LogP contribution is 2.24. The summed E-state index contributed by atoms with van der Waals surface area (Å²) in [4.78, 5) is 4.63. The van der Waals surface area contributed by atoms with E-state index in [0.717, 1.165) is 11.1 Å². The lowest BCUT2D eigenvalue weighted by Crippen LogP contribution is -2.01. The minimum absolute atomic E-state index is 0.0741. The first-order valence-corrected chi connectivity index (χ1v) is 6.58. The fraction of sp³-hybridized carbons (Fsp3) is 0.176. The van der Waals surface area contributed by atoms with E-state index < -0.39 is 0 Å². The highest BCUT2D eigenvalue weighted by Gasteiger charge is 2.21. The van der Waals surface area contributed by atoms with Gasteiger partial charge in [-0.05, 0) is 23.3 Å². The largest absolute Gasteiger partial charge is 0.475 e. The third kappa shape index (κ3) is 2.55. The molecule has 1 heterocycles. The maximum Gasteiger partial charge on any atom is 0.216 e. The van der Waals surface area contributed by atoms with Crippen LogP contribution in [0.4, 0.5) is 0 Å². The fourth-order valence-electron chi connectivity index (χ4n) is 2.23. The molecule has 0 bridgehead atoms. The van der Waals surface area contributed by atoms with Gasteiger partial charge in [0.15, 0.2) is 0 Å². The van der Waals surface area contributed by atoms with Crippen LogP contribution in [-0.4, -0.2) is 12.5 Å². The molecular formula is C17H14N2O. The van der Waals surface area contributed by atoms with Crippen LogP contribution in [0.5, 0.6) is 0 Å². The normalized spacial score (nSPS) is 17.1. The van der Waals surface area contributed by atoms with E-state index in [1.54, 1.807) is 0 Å². The molecular weight excluding hydrogens is 248 g/mol. The Kier molecular flexibility index (Phi) is 3.47. The number of hydrogen-bond donors (Lipinski definition) is 0. The first-order chi connectivity index (χ1) is 9.86. The van der Waals surface area contributed by atoms with E-state index in [2.05, 4.69) is 23.2 Å². The Morgan fingerprint density at radius 1 is 1.10 bits per heavy atom. The first-order valence-electron chi connectivity index (χ1n) is 6.58. The van der Waals surface area contributed by atoms with E-state index in [-0.39, 0.29) is 6.04 Å². The Morgan fingerprint density at radius 3 is 2.55 bits per heavy atom. The van der Waals surface area contributed by atoms with E-state index >= 15 is 0 Å². The molecule has 0 radical (unpaired) electrons. The minimum atomic E-state index is 0.0741. The van der Waals surface area contributed by atoms with Crippen LogP contribution in [0.1, 0.15) is 22.7 Å². The van der Waals surface area contributed by atoms with E-state index in [4.69, 9.17) is 10.00 Å². The van der Waals surface area contributed by atoms with Crippen molar-refractivity contribution < 1.29 is 4.74 Å². The summed E-state index contributed by atoms with van der Waals surface area (Å²) < 4.78 is 5.69. The van der Waals surface area contributed by atoms with Gasteiger partial charge in [-0.3, -0.25) is 0 Å². The number of hydrogen-bond acceptors (Lipinski definition) is 3. The number of aliphatic imine (C=N–C) groups is 1. The summed E-state index contributed by atoms with van der Waals surface area (Å²) in [6.07, 6.45) is 0.431. The lowest BCUT2D eigenvalue weighted by atomic mass is 10.1. The van der Waals surface area contributed by atoms with Crippen molar-refractivity contribution in [2.24, 2.45) is 4.99 Å². The third-order valence-electron chi connectivity index (χ3n) is 3.32. The van der Waals surface area contributed by atoms with Gasteiger partial charge in [0.1, 0.15) is 12.6 Å². The molecule has 0 unspecified atom stereocenters. The van der Waals surface area contributed by atoms with Gasteiger partial charge in [0.2, 0.25) is 5.90 Å². The molecule has 0 aromatic heterocycles. The predicted octanol–water partition coefficient (Wildman–Crippen LogP) is 3.27. The zero-order chi connectivity index (χ0) is 13.8. The van der Waals surface area contributed by atoms with Gasteiger partial charge in [0, 0.05) is 5.56 Å². The van der Waals surface area contributed by atoms with Crippen LogP contribution in [0.3, 0.4) is 0 Å². The molecule has 0 amide bonds. The van der Waals surface area contributed by atoms with Gasteiger partial charge >= 0.3 is 0 Å². The quantitative estimate of drug-likeness (QED) is 0.852. The molecule has 3 heteroatoms. The number of benzene rings is 2. The summed E-state index contributed by atoms with van der Waals surface area (Å²) in [5.74, 6) is 0.683. The zero-order valence-electron chi connectivity index (χ0n) is 11.0. The SMILES string of the molecule is N#CCc1ccc(C2=N[C@@H](c3ccccc3)CO2)cc1. The molecule has 98 valence electrons. The minimum Gasteiger partial charge on any atom is -0.475 e. The van der Waals surface area contributed by atoms with Crippen molar-refractivity contribution >= 4 is 5.90 Å². The maximum absolute atomic E-state index is 8.66. The molecule has 3 nitrogen and oxygen atoms in total. The van der Waals surface area contributed by atoms with Crippen LogP contribution in [0, 0.1) is 11.3 Å². The number of rotatable bonds is 3. The van der Waals surface area contributed by atoms with Gasteiger partial charge in [-0.15, -0.1) is 0 Å². The van der Waals surface area contributed by atoms with Gasteiger partial charge in [-0.25, -0.2) is 4.99 Å². The highest BCUT2D eigenvalue weighted by molar-refractivity contribution is 5.95. The Hall–Kier alpha value is -2.60. The van der Waals surface area contributed by atoms with Gasteiger partial charge < -0.3 is 4.74 Å². The van der Waals surface area contributed by atoms with E-state index in [9.17, 15) is 0 Å². The molecule has 2 aromatic carbocycles. The molecule has 20 heavy (non-hydrogen) atoms. The number of ether oxygens (including phenoxy) is 1. The fourth-order valence-corrected chi connectivity index (χ4v) is 2.23. The first kappa shape index (κ1) is 12.4. The lowest BCUT2D eigenvalue weighted by Gasteiger charge is -2.03.